The monoisotopic (exact) mass is 520 g/mol. The highest BCUT2D eigenvalue weighted by atomic mass is 16.3. The van der Waals surface area contributed by atoms with E-state index in [2.05, 4.69) is 140 Å². The van der Waals surface area contributed by atoms with E-state index in [0.717, 1.165) is 27.3 Å². The van der Waals surface area contributed by atoms with Crippen LogP contribution >= 0.6 is 0 Å². The Morgan fingerprint density at radius 3 is 1.59 bits per heavy atom. The van der Waals surface area contributed by atoms with Crippen molar-refractivity contribution in [1.29, 1.82) is 0 Å². The maximum absolute atomic E-state index is 6.44. The first-order valence-electron chi connectivity index (χ1n) is 14.1. The van der Waals surface area contributed by atoms with Crippen molar-refractivity contribution in [1.82, 2.24) is 0 Å². The second kappa shape index (κ2) is 8.55. The number of para-hydroxylation sites is 1. The number of hydrogen-bond acceptors (Lipinski definition) is 1. The third-order valence-corrected chi connectivity index (χ3v) is 8.62. The summed E-state index contributed by atoms with van der Waals surface area (Å²) in [5, 5.41) is 12.2. The second-order valence-corrected chi connectivity index (χ2v) is 10.8. The molecule has 0 atom stereocenters. The van der Waals surface area contributed by atoms with E-state index in [1.54, 1.807) is 0 Å². The molecule has 0 aliphatic carbocycles. The van der Waals surface area contributed by atoms with Gasteiger partial charge in [0.25, 0.3) is 0 Å². The number of hydrogen-bond donors (Lipinski definition) is 0. The number of furan rings is 1. The Morgan fingerprint density at radius 1 is 0.341 bits per heavy atom. The molecular weight excluding hydrogens is 496 g/mol. The van der Waals surface area contributed by atoms with E-state index >= 15 is 0 Å². The summed E-state index contributed by atoms with van der Waals surface area (Å²) in [4.78, 5) is 0. The zero-order chi connectivity index (χ0) is 26.9. The van der Waals surface area contributed by atoms with Gasteiger partial charge in [-0.15, -0.1) is 0 Å². The largest absolute Gasteiger partial charge is 0.455 e. The van der Waals surface area contributed by atoms with Gasteiger partial charge >= 0.3 is 0 Å². The third kappa shape index (κ3) is 3.24. The van der Waals surface area contributed by atoms with Crippen LogP contribution in [0.25, 0.3) is 87.3 Å². The molecule has 0 fully saturated rings. The Bertz CT molecular complexity index is 2420. The molecule has 0 saturated carbocycles. The summed E-state index contributed by atoms with van der Waals surface area (Å²) in [5.41, 5.74) is 6.90. The van der Waals surface area contributed by atoms with Crippen molar-refractivity contribution >= 4 is 65.0 Å². The van der Waals surface area contributed by atoms with Crippen LogP contribution in [0.1, 0.15) is 0 Å². The molecule has 41 heavy (non-hydrogen) atoms. The molecule has 9 rings (SSSR count). The predicted molar refractivity (Wildman–Crippen MR) is 175 cm³/mol. The summed E-state index contributed by atoms with van der Waals surface area (Å²) in [6.07, 6.45) is 0. The van der Waals surface area contributed by atoms with Crippen molar-refractivity contribution in [3.8, 4) is 22.3 Å². The standard InChI is InChI=1S/C40H24O/c1-2-12-26-23-27(22-21-25(26)11-1)38-30-15-4-6-17-32(30)39(33-18-7-5-16-31(33)38)35-24-36-29-14-9-10-20-37(29)41-40(36)34-19-8-3-13-28(34)35/h1-24H. The van der Waals surface area contributed by atoms with Crippen molar-refractivity contribution in [3.63, 3.8) is 0 Å². The van der Waals surface area contributed by atoms with Crippen LogP contribution < -0.4 is 0 Å². The fraction of sp³-hybridized carbons (Fsp3) is 0. The van der Waals surface area contributed by atoms with Gasteiger partial charge in [0, 0.05) is 16.2 Å². The molecular formula is C40H24O. The highest BCUT2D eigenvalue weighted by Crippen LogP contribution is 2.47. The smallest absolute Gasteiger partial charge is 0.143 e. The lowest BCUT2D eigenvalue weighted by molar-refractivity contribution is 0.672. The topological polar surface area (TPSA) is 13.1 Å². The Morgan fingerprint density at radius 2 is 0.878 bits per heavy atom. The van der Waals surface area contributed by atoms with Crippen LogP contribution in [0.4, 0.5) is 0 Å². The fourth-order valence-corrected chi connectivity index (χ4v) is 6.83. The van der Waals surface area contributed by atoms with Gasteiger partial charge in [0.2, 0.25) is 0 Å². The van der Waals surface area contributed by atoms with Crippen LogP contribution in [0, 0.1) is 0 Å². The summed E-state index contributed by atoms with van der Waals surface area (Å²) >= 11 is 0. The highest BCUT2D eigenvalue weighted by molar-refractivity contribution is 6.27. The van der Waals surface area contributed by atoms with Crippen LogP contribution in [0.5, 0.6) is 0 Å². The van der Waals surface area contributed by atoms with Gasteiger partial charge in [0.15, 0.2) is 0 Å². The van der Waals surface area contributed by atoms with Crippen molar-refractivity contribution in [2.75, 3.05) is 0 Å². The lowest BCUT2D eigenvalue weighted by atomic mass is 9.84. The van der Waals surface area contributed by atoms with Gasteiger partial charge in [-0.05, 0) is 78.2 Å². The Labute approximate surface area is 236 Å². The van der Waals surface area contributed by atoms with Gasteiger partial charge in [-0.25, -0.2) is 0 Å². The highest BCUT2D eigenvalue weighted by Gasteiger charge is 2.20. The maximum atomic E-state index is 6.44. The molecule has 0 amide bonds. The van der Waals surface area contributed by atoms with E-state index in [0.29, 0.717) is 0 Å². The molecule has 1 heteroatoms. The van der Waals surface area contributed by atoms with E-state index in [1.807, 2.05) is 6.07 Å². The Balaban J connectivity index is 1.46. The number of rotatable bonds is 2. The van der Waals surface area contributed by atoms with E-state index in [1.165, 1.54) is 60.0 Å². The molecule has 1 aromatic heterocycles. The average Bonchev–Trinajstić information content (AvgIpc) is 3.42. The molecule has 0 radical (unpaired) electrons. The molecule has 0 spiro atoms. The van der Waals surface area contributed by atoms with Gasteiger partial charge in [0.1, 0.15) is 11.2 Å². The predicted octanol–water partition coefficient (Wildman–Crippen LogP) is 11.5. The minimum absolute atomic E-state index is 0.922. The lowest BCUT2D eigenvalue weighted by Crippen LogP contribution is -1.92. The van der Waals surface area contributed by atoms with Gasteiger partial charge in [-0.2, -0.15) is 0 Å². The van der Waals surface area contributed by atoms with Crippen molar-refractivity contribution < 1.29 is 4.42 Å². The third-order valence-electron chi connectivity index (χ3n) is 8.62. The van der Waals surface area contributed by atoms with Crippen LogP contribution in [0.15, 0.2) is 150 Å². The molecule has 0 unspecified atom stereocenters. The molecule has 0 saturated heterocycles. The molecule has 190 valence electrons. The molecule has 0 aliphatic heterocycles. The normalized spacial score (nSPS) is 11.9. The summed E-state index contributed by atoms with van der Waals surface area (Å²) < 4.78 is 6.44. The van der Waals surface area contributed by atoms with Crippen molar-refractivity contribution in [2.45, 2.75) is 0 Å². The molecule has 0 bridgehead atoms. The molecule has 0 aliphatic rings. The maximum Gasteiger partial charge on any atom is 0.143 e. The quantitative estimate of drug-likeness (QED) is 0.207. The first-order chi connectivity index (χ1) is 20.3. The first kappa shape index (κ1) is 22.4. The fourth-order valence-electron chi connectivity index (χ4n) is 6.83. The lowest BCUT2D eigenvalue weighted by Gasteiger charge is -2.19. The first-order valence-corrected chi connectivity index (χ1v) is 14.1. The van der Waals surface area contributed by atoms with Crippen LogP contribution in [0.3, 0.4) is 0 Å². The molecule has 8 aromatic carbocycles. The SMILES string of the molecule is c1ccc2cc(-c3c4ccccc4c(-c4cc5c6ccccc6oc5c5ccccc45)c4ccccc34)ccc2c1. The number of fused-ring (bicyclic) bond motifs is 8. The zero-order valence-corrected chi connectivity index (χ0v) is 22.3. The average molecular weight is 521 g/mol. The van der Waals surface area contributed by atoms with Crippen LogP contribution in [-0.4, -0.2) is 0 Å². The zero-order valence-electron chi connectivity index (χ0n) is 22.3. The molecule has 1 heterocycles. The number of benzene rings is 8. The summed E-state index contributed by atoms with van der Waals surface area (Å²) in [7, 11) is 0. The van der Waals surface area contributed by atoms with Crippen LogP contribution in [0.2, 0.25) is 0 Å². The summed E-state index contributed by atoms with van der Waals surface area (Å²) in [6, 6.07) is 52.6. The van der Waals surface area contributed by atoms with Gasteiger partial charge in [0.05, 0.1) is 0 Å². The minimum Gasteiger partial charge on any atom is -0.455 e. The van der Waals surface area contributed by atoms with Crippen molar-refractivity contribution in [3.05, 3.63) is 146 Å². The summed E-state index contributed by atoms with van der Waals surface area (Å²) in [5.74, 6) is 0. The molecule has 9 aromatic rings. The Kier molecular flexibility index (Phi) is 4.67. The van der Waals surface area contributed by atoms with Gasteiger partial charge in [-0.1, -0.05) is 127 Å². The van der Waals surface area contributed by atoms with E-state index in [-0.39, 0.29) is 0 Å². The molecule has 1 nitrogen and oxygen atoms in total. The van der Waals surface area contributed by atoms with Crippen LogP contribution in [-0.2, 0) is 0 Å². The van der Waals surface area contributed by atoms with E-state index < -0.39 is 0 Å². The second-order valence-electron chi connectivity index (χ2n) is 10.8. The Hall–Kier alpha value is -5.40. The van der Waals surface area contributed by atoms with Gasteiger partial charge < -0.3 is 4.42 Å². The van der Waals surface area contributed by atoms with Gasteiger partial charge in [-0.3, -0.25) is 0 Å². The van der Waals surface area contributed by atoms with E-state index in [9.17, 15) is 0 Å². The summed E-state index contributed by atoms with van der Waals surface area (Å²) in [6.45, 7) is 0. The van der Waals surface area contributed by atoms with E-state index in [4.69, 9.17) is 4.42 Å². The molecule has 0 N–H and O–H groups in total. The van der Waals surface area contributed by atoms with Crippen molar-refractivity contribution in [2.24, 2.45) is 0 Å². The minimum atomic E-state index is 0.922.